The molecule has 2 aliphatic rings. The van der Waals surface area contributed by atoms with Crippen molar-refractivity contribution < 1.29 is 4.74 Å². The Labute approximate surface area is 155 Å². The van der Waals surface area contributed by atoms with Gasteiger partial charge >= 0.3 is 0 Å². The van der Waals surface area contributed by atoms with Crippen molar-refractivity contribution in [2.75, 3.05) is 39.9 Å². The maximum Gasteiger partial charge on any atom is 0.191 e. The van der Waals surface area contributed by atoms with Crippen molar-refractivity contribution in [2.24, 2.45) is 4.99 Å². The van der Waals surface area contributed by atoms with Crippen LogP contribution in [0.2, 0.25) is 0 Å². The number of guanidine groups is 1. The van der Waals surface area contributed by atoms with Crippen LogP contribution < -0.4 is 10.6 Å². The minimum atomic E-state index is 0.212. The molecule has 0 saturated carbocycles. The van der Waals surface area contributed by atoms with Gasteiger partial charge in [-0.15, -0.1) is 11.3 Å². The molecule has 3 heterocycles. The Kier molecular flexibility index (Phi) is 6.30. The number of hydrogen-bond acceptors (Lipinski definition) is 5. The number of rotatable bonds is 5. The molecular weight excluding hydrogens is 334 g/mol. The lowest BCUT2D eigenvalue weighted by Gasteiger charge is -2.45. The largest absolute Gasteiger partial charge is 0.381 e. The first-order valence-corrected chi connectivity index (χ1v) is 10.1. The van der Waals surface area contributed by atoms with Crippen LogP contribution in [0, 0.1) is 13.8 Å². The predicted molar refractivity (Wildman–Crippen MR) is 103 cm³/mol. The van der Waals surface area contributed by atoms with E-state index in [1.54, 1.807) is 11.3 Å². The zero-order valence-corrected chi connectivity index (χ0v) is 16.5. The second-order valence-electron chi connectivity index (χ2n) is 7.05. The van der Waals surface area contributed by atoms with Crippen molar-refractivity contribution in [2.45, 2.75) is 51.6 Å². The van der Waals surface area contributed by atoms with Crippen molar-refractivity contribution in [3.05, 3.63) is 15.6 Å². The number of hydrogen-bond donors (Lipinski definition) is 2. The Balaban J connectivity index is 1.57. The van der Waals surface area contributed by atoms with Crippen LogP contribution in [0.5, 0.6) is 0 Å². The number of nitrogens with one attached hydrogen (secondary N) is 2. The van der Waals surface area contributed by atoms with E-state index >= 15 is 0 Å². The number of likely N-dealkylation sites (tertiary alicyclic amines) is 1. The predicted octanol–water partition coefficient (Wildman–Crippen LogP) is 2.07. The maximum absolute atomic E-state index is 5.63. The highest BCUT2D eigenvalue weighted by molar-refractivity contribution is 7.11. The number of nitrogens with zero attached hydrogens (tertiary/aromatic N) is 3. The molecule has 0 aliphatic carbocycles. The standard InChI is InChI=1S/C18H31N5OS/c1-14-16(25-15(2)22-14)12-20-17(19-3)21-13-18(6-10-24-11-7-18)23-8-4-5-9-23/h4-13H2,1-3H3,(H2,19,20,21). The zero-order valence-electron chi connectivity index (χ0n) is 15.7. The molecule has 6 nitrogen and oxygen atoms in total. The van der Waals surface area contributed by atoms with Gasteiger partial charge in [0.1, 0.15) is 0 Å². The van der Waals surface area contributed by atoms with Gasteiger partial charge < -0.3 is 15.4 Å². The molecule has 0 bridgehead atoms. The highest BCUT2D eigenvalue weighted by Crippen LogP contribution is 2.30. The van der Waals surface area contributed by atoms with Gasteiger partial charge in [-0.05, 0) is 52.6 Å². The third-order valence-electron chi connectivity index (χ3n) is 5.42. The van der Waals surface area contributed by atoms with E-state index in [0.717, 1.165) is 55.8 Å². The molecule has 7 heteroatoms. The van der Waals surface area contributed by atoms with Crippen molar-refractivity contribution in [1.82, 2.24) is 20.5 Å². The van der Waals surface area contributed by atoms with Crippen molar-refractivity contribution >= 4 is 17.3 Å². The van der Waals surface area contributed by atoms with E-state index in [1.165, 1.54) is 30.8 Å². The van der Waals surface area contributed by atoms with Crippen molar-refractivity contribution in [3.8, 4) is 0 Å². The quantitative estimate of drug-likeness (QED) is 0.618. The van der Waals surface area contributed by atoms with Gasteiger partial charge in [0.2, 0.25) is 0 Å². The number of aliphatic imine (C=N–C) groups is 1. The van der Waals surface area contributed by atoms with Crippen LogP contribution in [0.25, 0.3) is 0 Å². The summed E-state index contributed by atoms with van der Waals surface area (Å²) in [6.07, 6.45) is 4.84. The molecule has 2 saturated heterocycles. The first-order chi connectivity index (χ1) is 12.1. The van der Waals surface area contributed by atoms with E-state index in [0.29, 0.717) is 0 Å². The molecule has 140 valence electrons. The summed E-state index contributed by atoms with van der Waals surface area (Å²) < 4.78 is 5.63. The lowest BCUT2D eigenvalue weighted by atomic mass is 9.88. The molecule has 0 unspecified atom stereocenters. The summed E-state index contributed by atoms with van der Waals surface area (Å²) in [7, 11) is 1.84. The third kappa shape index (κ3) is 4.51. The van der Waals surface area contributed by atoms with E-state index in [1.807, 2.05) is 7.05 Å². The minimum Gasteiger partial charge on any atom is -0.381 e. The van der Waals surface area contributed by atoms with E-state index < -0.39 is 0 Å². The Bertz CT molecular complexity index is 588. The molecule has 0 spiro atoms. The van der Waals surface area contributed by atoms with Gasteiger partial charge in [-0.25, -0.2) is 4.98 Å². The first kappa shape index (κ1) is 18.6. The van der Waals surface area contributed by atoms with E-state index in [-0.39, 0.29) is 5.54 Å². The van der Waals surface area contributed by atoms with Gasteiger partial charge in [0.15, 0.2) is 5.96 Å². The lowest BCUT2D eigenvalue weighted by molar-refractivity contribution is -0.0164. The van der Waals surface area contributed by atoms with E-state index in [2.05, 4.69) is 39.4 Å². The summed E-state index contributed by atoms with van der Waals surface area (Å²) in [5.41, 5.74) is 1.33. The summed E-state index contributed by atoms with van der Waals surface area (Å²) in [5, 5.41) is 8.14. The average molecular weight is 366 g/mol. The van der Waals surface area contributed by atoms with Crippen LogP contribution in [0.4, 0.5) is 0 Å². The van der Waals surface area contributed by atoms with Crippen LogP contribution in [-0.4, -0.2) is 61.3 Å². The Morgan fingerprint density at radius 1 is 1.24 bits per heavy atom. The molecule has 1 aromatic rings. The molecule has 25 heavy (non-hydrogen) atoms. The molecule has 0 aromatic carbocycles. The molecule has 0 atom stereocenters. The van der Waals surface area contributed by atoms with Gasteiger partial charge in [-0.2, -0.15) is 0 Å². The molecule has 2 fully saturated rings. The summed E-state index contributed by atoms with van der Waals surface area (Å²) in [6.45, 7) is 9.99. The van der Waals surface area contributed by atoms with Crippen LogP contribution >= 0.6 is 11.3 Å². The molecule has 1 aromatic heterocycles. The number of ether oxygens (including phenoxy) is 1. The molecule has 2 N–H and O–H groups in total. The van der Waals surface area contributed by atoms with Crippen LogP contribution in [-0.2, 0) is 11.3 Å². The average Bonchev–Trinajstić information content (AvgIpc) is 3.26. The summed E-state index contributed by atoms with van der Waals surface area (Å²) in [4.78, 5) is 12.9. The van der Waals surface area contributed by atoms with Gasteiger partial charge in [0, 0.05) is 37.2 Å². The number of thiazole rings is 1. The fourth-order valence-corrected chi connectivity index (χ4v) is 4.79. The van der Waals surface area contributed by atoms with Crippen molar-refractivity contribution in [1.29, 1.82) is 0 Å². The van der Waals surface area contributed by atoms with Crippen LogP contribution in [0.3, 0.4) is 0 Å². The Morgan fingerprint density at radius 3 is 2.56 bits per heavy atom. The summed E-state index contributed by atoms with van der Waals surface area (Å²) in [6, 6.07) is 0. The lowest BCUT2D eigenvalue weighted by Crippen LogP contribution is -2.58. The van der Waals surface area contributed by atoms with Crippen molar-refractivity contribution in [3.63, 3.8) is 0 Å². The highest BCUT2D eigenvalue weighted by atomic mass is 32.1. The molecule has 3 rings (SSSR count). The second-order valence-corrected chi connectivity index (χ2v) is 8.34. The maximum atomic E-state index is 5.63. The van der Waals surface area contributed by atoms with E-state index in [4.69, 9.17) is 4.74 Å². The van der Waals surface area contributed by atoms with E-state index in [9.17, 15) is 0 Å². The Hall–Kier alpha value is -1.18. The van der Waals surface area contributed by atoms with Crippen LogP contribution in [0.15, 0.2) is 4.99 Å². The smallest absolute Gasteiger partial charge is 0.191 e. The fraction of sp³-hybridized carbons (Fsp3) is 0.778. The number of aryl methyl sites for hydroxylation is 2. The molecule has 0 amide bonds. The summed E-state index contributed by atoms with van der Waals surface area (Å²) >= 11 is 1.75. The second kappa shape index (κ2) is 8.47. The highest BCUT2D eigenvalue weighted by Gasteiger charge is 2.39. The molecule has 0 radical (unpaired) electrons. The molecular formula is C18H31N5OS. The van der Waals surface area contributed by atoms with Gasteiger partial charge in [-0.1, -0.05) is 0 Å². The topological polar surface area (TPSA) is 61.8 Å². The normalized spacial score (nSPS) is 21.5. The first-order valence-electron chi connectivity index (χ1n) is 9.33. The minimum absolute atomic E-state index is 0.212. The van der Waals surface area contributed by atoms with Gasteiger partial charge in [0.05, 0.1) is 17.2 Å². The van der Waals surface area contributed by atoms with Crippen LogP contribution in [0.1, 0.15) is 41.3 Å². The Morgan fingerprint density at radius 2 is 1.96 bits per heavy atom. The number of aromatic nitrogens is 1. The van der Waals surface area contributed by atoms with Gasteiger partial charge in [-0.3, -0.25) is 9.89 Å². The summed E-state index contributed by atoms with van der Waals surface area (Å²) in [5.74, 6) is 0.871. The zero-order chi connectivity index (χ0) is 17.7. The fourth-order valence-electron chi connectivity index (χ4n) is 3.92. The monoisotopic (exact) mass is 365 g/mol. The third-order valence-corrected chi connectivity index (χ3v) is 6.50. The SMILES string of the molecule is CN=C(NCc1sc(C)nc1C)NCC1(N2CCCC2)CCOCC1. The molecule has 2 aliphatic heterocycles. The van der Waals surface area contributed by atoms with Gasteiger partial charge in [0.25, 0.3) is 0 Å².